The Morgan fingerprint density at radius 3 is 2.70 bits per heavy atom. The molecule has 5 rings (SSSR count). The number of fused-ring (bicyclic) bond motifs is 1. The van der Waals surface area contributed by atoms with Crippen molar-refractivity contribution < 1.29 is 9.90 Å². The van der Waals surface area contributed by atoms with Gasteiger partial charge in [0.2, 0.25) is 0 Å². The SMILES string of the molecule is O=C(O)C1CN(CC2CC2)CC12CCN(Cc1nc3ccccc3[nH]1)CC2. The number of aromatic amines is 1. The minimum Gasteiger partial charge on any atom is -0.481 e. The number of aromatic nitrogens is 2. The smallest absolute Gasteiger partial charge is 0.308 e. The number of para-hydroxylation sites is 2. The summed E-state index contributed by atoms with van der Waals surface area (Å²) in [5.41, 5.74) is 2.06. The number of likely N-dealkylation sites (tertiary alicyclic amines) is 2. The average molecular weight is 368 g/mol. The first-order chi connectivity index (χ1) is 13.1. The van der Waals surface area contributed by atoms with Crippen molar-refractivity contribution in [3.63, 3.8) is 0 Å². The third-order valence-electron chi connectivity index (χ3n) is 6.89. The molecule has 2 aliphatic heterocycles. The largest absolute Gasteiger partial charge is 0.481 e. The van der Waals surface area contributed by atoms with E-state index in [0.29, 0.717) is 0 Å². The van der Waals surface area contributed by atoms with Crippen molar-refractivity contribution in [1.29, 1.82) is 0 Å². The minimum absolute atomic E-state index is 0.0366. The average Bonchev–Trinajstić information content (AvgIpc) is 3.25. The summed E-state index contributed by atoms with van der Waals surface area (Å²) in [7, 11) is 0. The summed E-state index contributed by atoms with van der Waals surface area (Å²) < 4.78 is 0. The van der Waals surface area contributed by atoms with Crippen LogP contribution in [0.15, 0.2) is 24.3 Å². The van der Waals surface area contributed by atoms with Crippen LogP contribution in [-0.2, 0) is 11.3 Å². The van der Waals surface area contributed by atoms with Crippen LogP contribution >= 0.6 is 0 Å². The van der Waals surface area contributed by atoms with E-state index in [1.165, 1.54) is 12.8 Å². The Hall–Kier alpha value is -1.92. The van der Waals surface area contributed by atoms with Gasteiger partial charge < -0.3 is 15.0 Å². The van der Waals surface area contributed by atoms with Crippen LogP contribution in [0, 0.1) is 17.3 Å². The second-order valence-electron chi connectivity index (χ2n) is 8.87. The number of rotatable bonds is 5. The number of hydrogen-bond acceptors (Lipinski definition) is 4. The molecule has 1 saturated carbocycles. The zero-order valence-electron chi connectivity index (χ0n) is 15.7. The van der Waals surface area contributed by atoms with Gasteiger partial charge in [0, 0.05) is 25.0 Å². The molecular weight excluding hydrogens is 340 g/mol. The summed E-state index contributed by atoms with van der Waals surface area (Å²) in [5.74, 6) is 1.02. The van der Waals surface area contributed by atoms with E-state index in [1.807, 2.05) is 18.2 Å². The lowest BCUT2D eigenvalue weighted by atomic mass is 9.71. The van der Waals surface area contributed by atoms with E-state index in [4.69, 9.17) is 4.98 Å². The number of hydrogen-bond donors (Lipinski definition) is 2. The number of piperidine rings is 1. The highest BCUT2D eigenvalue weighted by atomic mass is 16.4. The van der Waals surface area contributed by atoms with Crippen molar-refractivity contribution in [2.75, 3.05) is 32.7 Å². The number of nitrogens with one attached hydrogen (secondary N) is 1. The fourth-order valence-corrected chi connectivity index (χ4v) is 5.17. The topological polar surface area (TPSA) is 72.5 Å². The number of carbonyl (C=O) groups is 1. The molecule has 0 amide bonds. The second-order valence-corrected chi connectivity index (χ2v) is 8.87. The summed E-state index contributed by atoms with van der Waals surface area (Å²) in [6.07, 6.45) is 4.61. The highest BCUT2D eigenvalue weighted by Crippen LogP contribution is 2.46. The van der Waals surface area contributed by atoms with E-state index in [-0.39, 0.29) is 11.3 Å². The molecule has 3 aliphatic rings. The Labute approximate surface area is 159 Å². The molecule has 3 heterocycles. The van der Waals surface area contributed by atoms with Crippen molar-refractivity contribution in [3.8, 4) is 0 Å². The summed E-state index contributed by atoms with van der Waals surface area (Å²) >= 11 is 0. The Balaban J connectivity index is 1.24. The lowest BCUT2D eigenvalue weighted by Crippen LogP contribution is -2.45. The van der Waals surface area contributed by atoms with Gasteiger partial charge in [0.05, 0.1) is 23.5 Å². The first kappa shape index (κ1) is 17.2. The van der Waals surface area contributed by atoms with Crippen molar-refractivity contribution in [2.45, 2.75) is 32.2 Å². The van der Waals surface area contributed by atoms with Gasteiger partial charge in [-0.1, -0.05) is 12.1 Å². The van der Waals surface area contributed by atoms with Crippen molar-refractivity contribution in [2.24, 2.45) is 17.3 Å². The van der Waals surface area contributed by atoms with E-state index in [9.17, 15) is 9.90 Å². The van der Waals surface area contributed by atoms with E-state index >= 15 is 0 Å². The monoisotopic (exact) mass is 368 g/mol. The predicted octanol–water partition coefficient (Wildman–Crippen LogP) is 2.57. The lowest BCUT2D eigenvalue weighted by molar-refractivity contribution is -0.146. The Morgan fingerprint density at radius 2 is 2.00 bits per heavy atom. The van der Waals surface area contributed by atoms with E-state index in [2.05, 4.69) is 20.9 Å². The van der Waals surface area contributed by atoms with E-state index in [0.717, 1.165) is 74.9 Å². The fraction of sp³-hybridized carbons (Fsp3) is 0.619. The van der Waals surface area contributed by atoms with Gasteiger partial charge >= 0.3 is 5.97 Å². The van der Waals surface area contributed by atoms with Crippen LogP contribution in [0.1, 0.15) is 31.5 Å². The fourth-order valence-electron chi connectivity index (χ4n) is 5.17. The maximum atomic E-state index is 11.9. The highest BCUT2D eigenvalue weighted by molar-refractivity contribution is 5.74. The molecular formula is C21H28N4O2. The number of imidazole rings is 1. The quantitative estimate of drug-likeness (QED) is 0.849. The summed E-state index contributed by atoms with van der Waals surface area (Å²) in [6, 6.07) is 8.12. The summed E-state index contributed by atoms with van der Waals surface area (Å²) in [5, 5.41) is 9.82. The van der Waals surface area contributed by atoms with Crippen molar-refractivity contribution in [3.05, 3.63) is 30.1 Å². The second kappa shape index (κ2) is 6.60. The van der Waals surface area contributed by atoms with Crippen LogP contribution < -0.4 is 0 Å². The van der Waals surface area contributed by atoms with Crippen LogP contribution in [0.4, 0.5) is 0 Å². The van der Waals surface area contributed by atoms with Gasteiger partial charge in [-0.2, -0.15) is 0 Å². The first-order valence-electron chi connectivity index (χ1n) is 10.2. The zero-order chi connectivity index (χ0) is 18.4. The van der Waals surface area contributed by atoms with Crippen LogP contribution in [-0.4, -0.2) is 63.6 Å². The zero-order valence-corrected chi connectivity index (χ0v) is 15.7. The van der Waals surface area contributed by atoms with Gasteiger partial charge in [0.1, 0.15) is 5.82 Å². The highest BCUT2D eigenvalue weighted by Gasteiger charge is 2.51. The van der Waals surface area contributed by atoms with E-state index < -0.39 is 5.97 Å². The molecule has 144 valence electrons. The molecule has 1 spiro atoms. The van der Waals surface area contributed by atoms with Gasteiger partial charge in [-0.05, 0) is 56.8 Å². The lowest BCUT2D eigenvalue weighted by Gasteiger charge is -2.41. The van der Waals surface area contributed by atoms with Gasteiger partial charge in [-0.3, -0.25) is 9.69 Å². The van der Waals surface area contributed by atoms with Gasteiger partial charge in [-0.15, -0.1) is 0 Å². The third-order valence-corrected chi connectivity index (χ3v) is 6.89. The number of benzene rings is 1. The molecule has 6 nitrogen and oxygen atoms in total. The third kappa shape index (κ3) is 3.36. The predicted molar refractivity (Wildman–Crippen MR) is 103 cm³/mol. The summed E-state index contributed by atoms with van der Waals surface area (Å²) in [4.78, 5) is 24.9. The number of H-pyrrole nitrogens is 1. The minimum atomic E-state index is -0.598. The van der Waals surface area contributed by atoms with Crippen LogP contribution in [0.5, 0.6) is 0 Å². The molecule has 1 aromatic carbocycles. The maximum absolute atomic E-state index is 11.9. The molecule has 2 saturated heterocycles. The van der Waals surface area contributed by atoms with Crippen LogP contribution in [0.25, 0.3) is 11.0 Å². The van der Waals surface area contributed by atoms with Gasteiger partial charge in [-0.25, -0.2) is 4.98 Å². The first-order valence-corrected chi connectivity index (χ1v) is 10.2. The Kier molecular flexibility index (Phi) is 4.20. The molecule has 2 N–H and O–H groups in total. The molecule has 0 bridgehead atoms. The molecule has 3 fully saturated rings. The van der Waals surface area contributed by atoms with Crippen molar-refractivity contribution in [1.82, 2.24) is 19.8 Å². The molecule has 0 radical (unpaired) electrons. The molecule has 6 heteroatoms. The molecule has 1 atom stereocenters. The van der Waals surface area contributed by atoms with Gasteiger partial charge in [0.15, 0.2) is 0 Å². The standard InChI is InChI=1S/C21H28N4O2/c26-20(27)16-12-25(11-15-5-6-15)14-21(16)7-9-24(10-8-21)13-19-22-17-3-1-2-4-18(17)23-19/h1-4,15-16H,5-14H2,(H,22,23)(H,26,27). The van der Waals surface area contributed by atoms with Crippen LogP contribution in [0.2, 0.25) is 0 Å². The molecule has 1 aromatic heterocycles. The maximum Gasteiger partial charge on any atom is 0.308 e. The molecule has 2 aromatic rings. The Bertz CT molecular complexity index is 803. The number of carboxylic acids is 1. The Morgan fingerprint density at radius 1 is 1.22 bits per heavy atom. The molecule has 27 heavy (non-hydrogen) atoms. The number of aliphatic carboxylic acids is 1. The van der Waals surface area contributed by atoms with Crippen molar-refractivity contribution >= 4 is 17.0 Å². The van der Waals surface area contributed by atoms with E-state index in [1.54, 1.807) is 0 Å². The summed E-state index contributed by atoms with van der Waals surface area (Å²) in [6.45, 7) is 5.55. The molecule has 1 aliphatic carbocycles. The van der Waals surface area contributed by atoms with Gasteiger partial charge in [0.25, 0.3) is 0 Å². The molecule has 1 unspecified atom stereocenters. The number of carboxylic acid groups (broad SMARTS) is 1. The normalized spacial score (nSPS) is 26.1. The number of nitrogens with zero attached hydrogens (tertiary/aromatic N) is 3. The van der Waals surface area contributed by atoms with Crippen LogP contribution in [0.3, 0.4) is 0 Å².